The molecule has 0 aliphatic rings. The summed E-state index contributed by atoms with van der Waals surface area (Å²) in [6.45, 7) is -0.442. The lowest BCUT2D eigenvalue weighted by atomic mass is 10.1. The van der Waals surface area contributed by atoms with Crippen LogP contribution in [0.3, 0.4) is 0 Å². The minimum absolute atomic E-state index is 0.0158. The van der Waals surface area contributed by atoms with Crippen LogP contribution < -0.4 is 10.8 Å². The second kappa shape index (κ2) is 8.56. The van der Waals surface area contributed by atoms with Crippen LogP contribution in [0.4, 0.5) is 20.2 Å². The van der Waals surface area contributed by atoms with Gasteiger partial charge < -0.3 is 10.4 Å². The molecule has 24 heavy (non-hydrogen) atoms. The Morgan fingerprint density at radius 3 is 2.58 bits per heavy atom. The van der Waals surface area contributed by atoms with Gasteiger partial charge in [0.15, 0.2) is 11.6 Å². The van der Waals surface area contributed by atoms with Crippen LogP contribution in [-0.2, 0) is 4.84 Å². The standard InChI is InChI=1S/C15H12ClF2IN2O3/c16-10-5-8(19)1-2-13(10)20-14-7-12(18)11(17)6-9(14)15(23)21-24-4-3-22/h1-2,5-7,20,22H,3-4H2,(H,21,23). The van der Waals surface area contributed by atoms with Crippen LogP contribution in [0.15, 0.2) is 30.3 Å². The summed E-state index contributed by atoms with van der Waals surface area (Å²) in [6, 6.07) is 6.68. The Hall–Kier alpha value is -1.49. The number of hydrogen-bond acceptors (Lipinski definition) is 4. The van der Waals surface area contributed by atoms with E-state index in [0.717, 1.165) is 15.7 Å². The van der Waals surface area contributed by atoms with E-state index in [4.69, 9.17) is 21.5 Å². The third-order valence-corrected chi connectivity index (χ3v) is 3.85. The Morgan fingerprint density at radius 2 is 1.92 bits per heavy atom. The molecule has 5 nitrogen and oxygen atoms in total. The zero-order valence-corrected chi connectivity index (χ0v) is 15.0. The van der Waals surface area contributed by atoms with Gasteiger partial charge in [-0.3, -0.25) is 9.63 Å². The summed E-state index contributed by atoms with van der Waals surface area (Å²) >= 11 is 8.17. The molecule has 0 aliphatic heterocycles. The van der Waals surface area contributed by atoms with Gasteiger partial charge in [0, 0.05) is 9.64 Å². The molecule has 9 heteroatoms. The molecule has 0 heterocycles. The number of halogens is 4. The maximum absolute atomic E-state index is 13.6. The Labute approximate surface area is 155 Å². The number of rotatable bonds is 6. The first-order valence-electron chi connectivity index (χ1n) is 6.66. The summed E-state index contributed by atoms with van der Waals surface area (Å²) in [6.07, 6.45) is 0. The quantitative estimate of drug-likeness (QED) is 0.344. The predicted octanol–water partition coefficient (Wildman–Crippen LogP) is 3.62. The van der Waals surface area contributed by atoms with Crippen molar-refractivity contribution in [2.45, 2.75) is 0 Å². The van der Waals surface area contributed by atoms with Gasteiger partial charge in [-0.25, -0.2) is 14.3 Å². The highest BCUT2D eigenvalue weighted by Gasteiger charge is 2.17. The molecule has 2 aromatic rings. The summed E-state index contributed by atoms with van der Waals surface area (Å²) < 4.78 is 27.9. The van der Waals surface area contributed by atoms with Gasteiger partial charge in [0.2, 0.25) is 0 Å². The highest BCUT2D eigenvalue weighted by Crippen LogP contribution is 2.30. The zero-order chi connectivity index (χ0) is 17.7. The third kappa shape index (κ3) is 4.76. The van der Waals surface area contributed by atoms with Crippen LogP contribution in [0.5, 0.6) is 0 Å². The van der Waals surface area contributed by atoms with E-state index in [9.17, 15) is 13.6 Å². The molecule has 128 valence electrons. The number of nitrogens with one attached hydrogen (secondary N) is 2. The van der Waals surface area contributed by atoms with E-state index in [1.54, 1.807) is 18.2 Å². The van der Waals surface area contributed by atoms with Crippen LogP contribution in [0, 0.1) is 15.2 Å². The van der Waals surface area contributed by atoms with Crippen molar-refractivity contribution in [1.82, 2.24) is 5.48 Å². The molecule has 0 aromatic heterocycles. The third-order valence-electron chi connectivity index (χ3n) is 2.86. The van der Waals surface area contributed by atoms with Gasteiger partial charge in [-0.1, -0.05) is 11.6 Å². The second-order valence-corrected chi connectivity index (χ2v) is 6.22. The summed E-state index contributed by atoms with van der Waals surface area (Å²) in [7, 11) is 0. The molecular formula is C15H12ClF2IN2O3. The molecule has 0 saturated heterocycles. The maximum Gasteiger partial charge on any atom is 0.277 e. The number of carbonyl (C=O) groups is 1. The fourth-order valence-corrected chi connectivity index (χ4v) is 2.69. The molecule has 0 spiro atoms. The zero-order valence-electron chi connectivity index (χ0n) is 12.1. The van der Waals surface area contributed by atoms with Crippen LogP contribution >= 0.6 is 34.2 Å². The first-order valence-corrected chi connectivity index (χ1v) is 8.12. The fourth-order valence-electron chi connectivity index (χ4n) is 1.79. The largest absolute Gasteiger partial charge is 0.394 e. The molecule has 0 radical (unpaired) electrons. The van der Waals surface area contributed by atoms with Crippen molar-refractivity contribution in [2.75, 3.05) is 18.5 Å². The smallest absolute Gasteiger partial charge is 0.277 e. The van der Waals surface area contributed by atoms with Crippen molar-refractivity contribution in [3.8, 4) is 0 Å². The van der Waals surface area contributed by atoms with E-state index in [1.807, 2.05) is 5.48 Å². The van der Waals surface area contributed by atoms with Crippen molar-refractivity contribution in [3.63, 3.8) is 0 Å². The summed E-state index contributed by atoms with van der Waals surface area (Å²) in [5.74, 6) is -3.10. The van der Waals surface area contributed by atoms with Crippen LogP contribution in [0.1, 0.15) is 10.4 Å². The van der Waals surface area contributed by atoms with Crippen LogP contribution in [-0.4, -0.2) is 24.2 Å². The Balaban J connectivity index is 2.33. The molecule has 3 N–H and O–H groups in total. The topological polar surface area (TPSA) is 70.6 Å². The van der Waals surface area contributed by atoms with Gasteiger partial charge in [0.05, 0.1) is 35.2 Å². The molecule has 2 aromatic carbocycles. The highest BCUT2D eigenvalue weighted by atomic mass is 127. The summed E-state index contributed by atoms with van der Waals surface area (Å²) in [5, 5.41) is 11.8. The molecule has 0 unspecified atom stereocenters. The number of anilines is 2. The van der Waals surface area contributed by atoms with Crippen molar-refractivity contribution in [3.05, 3.63) is 56.1 Å². The van der Waals surface area contributed by atoms with Gasteiger partial charge in [0.25, 0.3) is 5.91 Å². The molecular weight excluding hydrogens is 457 g/mol. The van der Waals surface area contributed by atoms with Crippen LogP contribution in [0.2, 0.25) is 5.02 Å². The number of hydroxylamine groups is 1. The van der Waals surface area contributed by atoms with E-state index in [1.165, 1.54) is 0 Å². The van der Waals surface area contributed by atoms with Gasteiger partial charge in [0.1, 0.15) is 0 Å². The van der Waals surface area contributed by atoms with Crippen molar-refractivity contribution in [1.29, 1.82) is 0 Å². The van der Waals surface area contributed by atoms with Crippen LogP contribution in [0.25, 0.3) is 0 Å². The fraction of sp³-hybridized carbons (Fsp3) is 0.133. The Kier molecular flexibility index (Phi) is 6.72. The van der Waals surface area contributed by atoms with Crippen molar-refractivity contribution in [2.24, 2.45) is 0 Å². The maximum atomic E-state index is 13.6. The second-order valence-electron chi connectivity index (χ2n) is 4.56. The molecule has 0 atom stereocenters. The number of benzene rings is 2. The average Bonchev–Trinajstić information content (AvgIpc) is 2.53. The van der Waals surface area contributed by atoms with Crippen molar-refractivity contribution < 1.29 is 23.5 Å². The van der Waals surface area contributed by atoms with E-state index in [-0.39, 0.29) is 24.5 Å². The minimum atomic E-state index is -1.18. The average molecular weight is 469 g/mol. The van der Waals surface area contributed by atoms with Gasteiger partial charge >= 0.3 is 0 Å². The number of hydrogen-bond donors (Lipinski definition) is 3. The SMILES string of the molecule is O=C(NOCCO)c1cc(F)c(F)cc1Nc1ccc(I)cc1Cl. The molecule has 0 bridgehead atoms. The number of aliphatic hydroxyl groups is 1. The first kappa shape index (κ1) is 18.8. The number of amides is 1. The van der Waals surface area contributed by atoms with E-state index in [2.05, 4.69) is 27.9 Å². The van der Waals surface area contributed by atoms with E-state index in [0.29, 0.717) is 10.7 Å². The highest BCUT2D eigenvalue weighted by molar-refractivity contribution is 14.1. The first-order chi connectivity index (χ1) is 11.4. The van der Waals surface area contributed by atoms with E-state index < -0.39 is 17.5 Å². The lowest BCUT2D eigenvalue weighted by Gasteiger charge is -2.14. The Bertz CT molecular complexity index is 762. The molecule has 0 saturated carbocycles. The van der Waals surface area contributed by atoms with Crippen molar-refractivity contribution >= 4 is 51.5 Å². The summed E-state index contributed by atoms with van der Waals surface area (Å²) in [5.41, 5.74) is 2.30. The molecule has 1 amide bonds. The number of aliphatic hydroxyl groups excluding tert-OH is 1. The molecule has 2 rings (SSSR count). The lowest BCUT2D eigenvalue weighted by Crippen LogP contribution is -2.26. The summed E-state index contributed by atoms with van der Waals surface area (Å²) in [4.78, 5) is 16.7. The molecule has 0 fully saturated rings. The van der Waals surface area contributed by atoms with Gasteiger partial charge in [-0.05, 0) is 46.9 Å². The number of carbonyl (C=O) groups excluding carboxylic acids is 1. The van der Waals surface area contributed by atoms with Gasteiger partial charge in [-0.15, -0.1) is 0 Å². The minimum Gasteiger partial charge on any atom is -0.394 e. The van der Waals surface area contributed by atoms with Gasteiger partial charge in [-0.2, -0.15) is 0 Å². The van der Waals surface area contributed by atoms with E-state index >= 15 is 0 Å². The Morgan fingerprint density at radius 1 is 1.21 bits per heavy atom. The monoisotopic (exact) mass is 468 g/mol. The normalized spacial score (nSPS) is 10.5. The molecule has 0 aliphatic carbocycles. The predicted molar refractivity (Wildman–Crippen MR) is 94.3 cm³/mol. The lowest BCUT2D eigenvalue weighted by molar-refractivity contribution is 0.0168.